The molecule has 2 N–H and O–H groups in total. The first-order chi connectivity index (χ1) is 20.3. The van der Waals surface area contributed by atoms with Gasteiger partial charge < -0.3 is 15.1 Å². The molecule has 0 radical (unpaired) electrons. The van der Waals surface area contributed by atoms with Gasteiger partial charge in [0, 0.05) is 16.6 Å². The van der Waals surface area contributed by atoms with E-state index in [4.69, 9.17) is 10.2 Å². The number of thioether (sulfide) groups is 1. The molecule has 0 atom stereocenters. The van der Waals surface area contributed by atoms with E-state index >= 15 is 0 Å². The molecule has 0 saturated carbocycles. The number of nitroso groups, excluding NO2 is 1. The van der Waals surface area contributed by atoms with Crippen molar-refractivity contribution in [1.82, 2.24) is 4.90 Å². The summed E-state index contributed by atoms with van der Waals surface area (Å²) >= 11 is 1.27. The average molecular weight is 576 g/mol. The summed E-state index contributed by atoms with van der Waals surface area (Å²) < 4.78 is 5.88. The van der Waals surface area contributed by atoms with Crippen LogP contribution >= 0.6 is 11.8 Å². The minimum Gasteiger partial charge on any atom is -0.458 e. The summed E-state index contributed by atoms with van der Waals surface area (Å²) in [6.07, 6.45) is 0. The molecule has 1 aromatic heterocycles. The molecule has 0 fully saturated rings. The first-order valence-electron chi connectivity index (χ1n) is 13.3. The van der Waals surface area contributed by atoms with Crippen LogP contribution in [0.5, 0.6) is 0 Å². The maximum atomic E-state index is 14.2. The number of fused-ring (bicyclic) bond motifs is 1. The minimum absolute atomic E-state index is 0.00246. The lowest BCUT2D eigenvalue weighted by Crippen LogP contribution is -2.30. The summed E-state index contributed by atoms with van der Waals surface area (Å²) in [6, 6.07) is 31.2. The van der Waals surface area contributed by atoms with Crippen LogP contribution in [-0.2, 0) is 17.9 Å². The molecule has 7 nitrogen and oxygen atoms in total. The van der Waals surface area contributed by atoms with E-state index in [9.17, 15) is 14.5 Å². The van der Waals surface area contributed by atoms with Crippen LogP contribution in [0.4, 0.5) is 0 Å². The van der Waals surface area contributed by atoms with E-state index in [1.54, 1.807) is 11.0 Å². The number of hydrogen-bond acceptors (Lipinski definition) is 6. The zero-order valence-corrected chi connectivity index (χ0v) is 23.9. The third kappa shape index (κ3) is 6.50. The maximum Gasteiger partial charge on any atom is 0.296 e. The van der Waals surface area contributed by atoms with E-state index in [1.807, 2.05) is 97.9 Å². The largest absolute Gasteiger partial charge is 0.458 e. The molecule has 0 saturated heterocycles. The molecule has 0 spiro atoms. The zero-order chi connectivity index (χ0) is 29.6. The smallest absolute Gasteiger partial charge is 0.296 e. The number of aryl methyl sites for hydroxylation is 1. The van der Waals surface area contributed by atoms with Crippen LogP contribution in [0, 0.1) is 11.8 Å². The Bertz CT molecular complexity index is 1790. The molecule has 0 aliphatic heterocycles. The lowest BCUT2D eigenvalue weighted by atomic mass is 9.98. The number of furan rings is 1. The molecule has 0 bridgehead atoms. The summed E-state index contributed by atoms with van der Waals surface area (Å²) in [5.41, 5.74) is 10.6. The Morgan fingerprint density at radius 1 is 0.905 bits per heavy atom. The number of carbonyl (C=O) groups excluding carboxylic acids is 2. The summed E-state index contributed by atoms with van der Waals surface area (Å²) in [4.78, 5) is 38.5. The number of nitrogens with zero attached hydrogens (tertiary/aromatic N) is 2. The zero-order valence-electron chi connectivity index (χ0n) is 23.1. The maximum absolute atomic E-state index is 14.2. The van der Waals surface area contributed by atoms with Crippen LogP contribution in [-0.4, -0.2) is 22.5 Å². The Labute approximate surface area is 248 Å². The third-order valence-corrected chi connectivity index (χ3v) is 7.90. The van der Waals surface area contributed by atoms with Crippen LogP contribution in [0.25, 0.3) is 27.6 Å². The molecule has 1 heterocycles. The van der Waals surface area contributed by atoms with Gasteiger partial charge in [0.15, 0.2) is 0 Å². The lowest BCUT2D eigenvalue weighted by molar-refractivity contribution is -0.115. The SMILES string of the molecule is C=C(N)c1ccc(CN(Cc2ccc(-c3cccc(SCC(=O)N=O)c3)cc2)C(=O)c2c(C)ccc3ccccc23)o1. The number of amides is 2. The Morgan fingerprint density at radius 2 is 1.69 bits per heavy atom. The van der Waals surface area contributed by atoms with Gasteiger partial charge in [-0.15, -0.1) is 16.7 Å². The van der Waals surface area contributed by atoms with Gasteiger partial charge in [0.2, 0.25) is 0 Å². The highest BCUT2D eigenvalue weighted by molar-refractivity contribution is 8.00. The second-order valence-electron chi connectivity index (χ2n) is 9.93. The number of hydrogen-bond donors (Lipinski definition) is 1. The van der Waals surface area contributed by atoms with Gasteiger partial charge in [-0.2, -0.15) is 0 Å². The van der Waals surface area contributed by atoms with Crippen molar-refractivity contribution in [2.75, 3.05) is 5.75 Å². The predicted molar refractivity (Wildman–Crippen MR) is 168 cm³/mol. The molecular weight excluding hydrogens is 546 g/mol. The fourth-order valence-corrected chi connectivity index (χ4v) is 5.53. The number of rotatable bonds is 10. The third-order valence-electron chi connectivity index (χ3n) is 6.92. The minimum atomic E-state index is -0.689. The van der Waals surface area contributed by atoms with Crippen LogP contribution in [0.15, 0.2) is 118 Å². The van der Waals surface area contributed by atoms with Gasteiger partial charge in [0.05, 0.1) is 23.6 Å². The molecule has 2 amide bonds. The van der Waals surface area contributed by atoms with Crippen molar-refractivity contribution < 1.29 is 14.0 Å². The molecule has 4 aromatic carbocycles. The topological polar surface area (TPSA) is 106 Å². The monoisotopic (exact) mass is 575 g/mol. The van der Waals surface area contributed by atoms with E-state index in [0.717, 1.165) is 37.9 Å². The Morgan fingerprint density at radius 3 is 2.43 bits per heavy atom. The molecule has 210 valence electrons. The summed E-state index contributed by atoms with van der Waals surface area (Å²) in [5, 5.41) is 4.36. The first kappa shape index (κ1) is 28.6. The van der Waals surface area contributed by atoms with E-state index in [1.165, 1.54) is 11.8 Å². The van der Waals surface area contributed by atoms with E-state index in [-0.39, 0.29) is 18.2 Å². The van der Waals surface area contributed by atoms with Crippen molar-refractivity contribution in [2.45, 2.75) is 24.9 Å². The Balaban J connectivity index is 1.43. The van der Waals surface area contributed by atoms with Crippen molar-refractivity contribution in [1.29, 1.82) is 0 Å². The van der Waals surface area contributed by atoms with Gasteiger partial charge in [0.25, 0.3) is 11.8 Å². The molecule has 5 rings (SSSR count). The van der Waals surface area contributed by atoms with Gasteiger partial charge in [-0.1, -0.05) is 79.4 Å². The second kappa shape index (κ2) is 12.7. The highest BCUT2D eigenvalue weighted by Crippen LogP contribution is 2.28. The van der Waals surface area contributed by atoms with E-state index in [2.05, 4.69) is 11.8 Å². The summed E-state index contributed by atoms with van der Waals surface area (Å²) in [6.45, 7) is 6.31. The normalized spacial score (nSPS) is 10.9. The van der Waals surface area contributed by atoms with Gasteiger partial charge in [-0.05, 0) is 64.2 Å². The van der Waals surface area contributed by atoms with Gasteiger partial charge >= 0.3 is 0 Å². The highest BCUT2D eigenvalue weighted by Gasteiger charge is 2.22. The van der Waals surface area contributed by atoms with Crippen molar-refractivity contribution in [2.24, 2.45) is 10.9 Å². The average Bonchev–Trinajstić information content (AvgIpc) is 3.49. The number of benzene rings is 4. The van der Waals surface area contributed by atoms with Crippen LogP contribution in [0.2, 0.25) is 0 Å². The van der Waals surface area contributed by atoms with Gasteiger partial charge in [-0.25, -0.2) is 0 Å². The quantitative estimate of drug-likeness (QED) is 0.136. The molecule has 5 aromatic rings. The Hall–Kier alpha value is -4.95. The van der Waals surface area contributed by atoms with Crippen molar-refractivity contribution in [3.05, 3.63) is 137 Å². The Kier molecular flexibility index (Phi) is 8.64. The van der Waals surface area contributed by atoms with Crippen LogP contribution in [0.3, 0.4) is 0 Å². The van der Waals surface area contributed by atoms with Crippen LogP contribution < -0.4 is 5.73 Å². The predicted octanol–water partition coefficient (Wildman–Crippen LogP) is 7.57. The van der Waals surface area contributed by atoms with Gasteiger partial charge in [-0.3, -0.25) is 9.59 Å². The summed E-state index contributed by atoms with van der Waals surface area (Å²) in [5.74, 6) is 0.309. The van der Waals surface area contributed by atoms with Crippen molar-refractivity contribution >= 4 is 40.0 Å². The first-order valence-corrected chi connectivity index (χ1v) is 14.3. The number of nitrogens with two attached hydrogens (primary N) is 1. The molecule has 42 heavy (non-hydrogen) atoms. The molecule has 0 aliphatic rings. The lowest BCUT2D eigenvalue weighted by Gasteiger charge is -2.24. The molecule has 0 unspecified atom stereocenters. The highest BCUT2D eigenvalue weighted by atomic mass is 32.2. The van der Waals surface area contributed by atoms with E-state index in [0.29, 0.717) is 29.3 Å². The molecular formula is C34H29N3O4S. The van der Waals surface area contributed by atoms with Crippen LogP contribution in [0.1, 0.15) is 33.0 Å². The molecule has 0 aliphatic carbocycles. The van der Waals surface area contributed by atoms with Crippen molar-refractivity contribution in [3.63, 3.8) is 0 Å². The van der Waals surface area contributed by atoms with E-state index < -0.39 is 5.91 Å². The standard InChI is InChI=1S/C34H29N3O4S/c1-22-10-13-26-6-3-4-9-30(26)33(22)34(39)37(20-28-16-17-31(41-28)23(2)35)19-24-11-14-25(15-12-24)27-7-5-8-29(18-27)42-21-32(38)36-40/h3-18H,2,19-21,35H2,1H3. The summed E-state index contributed by atoms with van der Waals surface area (Å²) in [7, 11) is 0. The second-order valence-corrected chi connectivity index (χ2v) is 11.0. The molecule has 8 heteroatoms. The fraction of sp³-hybridized carbons (Fsp3) is 0.118. The van der Waals surface area contributed by atoms with Gasteiger partial charge in [0.1, 0.15) is 11.5 Å². The fourth-order valence-electron chi connectivity index (χ4n) is 4.81. The number of carbonyl (C=O) groups is 2. The van der Waals surface area contributed by atoms with Crippen molar-refractivity contribution in [3.8, 4) is 11.1 Å².